The number of hydrogen-bond donors (Lipinski definition) is 3. The Labute approximate surface area is 181 Å². The van der Waals surface area contributed by atoms with E-state index in [9.17, 15) is 5.11 Å². The number of ether oxygens (including phenoxy) is 3. The average Bonchev–Trinajstić information content (AvgIpc) is 3.28. The van der Waals surface area contributed by atoms with Gasteiger partial charge in [0.25, 0.3) is 0 Å². The Hall–Kier alpha value is -3.10. The van der Waals surface area contributed by atoms with Crippen LogP contribution in [0.5, 0.6) is 17.2 Å². The van der Waals surface area contributed by atoms with Crippen LogP contribution in [0.15, 0.2) is 30.3 Å². The Morgan fingerprint density at radius 3 is 2.74 bits per heavy atom. The highest BCUT2D eigenvalue weighted by Gasteiger charge is 2.20. The Bertz CT molecular complexity index is 1070. The molecule has 3 N–H and O–H groups in total. The normalized spacial score (nSPS) is 15.9. The van der Waals surface area contributed by atoms with Gasteiger partial charge in [0.2, 0.25) is 0 Å². The van der Waals surface area contributed by atoms with Crippen LogP contribution in [0.3, 0.4) is 0 Å². The molecule has 164 valence electrons. The van der Waals surface area contributed by atoms with Crippen LogP contribution in [0.1, 0.15) is 12.0 Å². The molecule has 1 fully saturated rings. The first-order chi connectivity index (χ1) is 15.1. The Morgan fingerprint density at radius 2 is 2.00 bits per heavy atom. The van der Waals surface area contributed by atoms with E-state index in [1.165, 1.54) is 0 Å². The highest BCUT2D eigenvalue weighted by molar-refractivity contribution is 5.93. The zero-order chi connectivity index (χ0) is 21.8. The number of hydrogen-bond acceptors (Lipinski definition) is 8. The number of phenolic OH excluding ortho intramolecular Hbond substituents is 1. The van der Waals surface area contributed by atoms with Crippen LogP contribution in [0.25, 0.3) is 22.3 Å². The molecule has 0 bridgehead atoms. The first kappa shape index (κ1) is 21.1. The molecule has 0 unspecified atom stereocenters. The number of nitrogens with zero attached hydrogens (tertiary/aromatic N) is 2. The molecule has 1 aliphatic rings. The molecule has 31 heavy (non-hydrogen) atoms. The molecule has 0 amide bonds. The minimum atomic E-state index is 0.142. The van der Waals surface area contributed by atoms with Gasteiger partial charge in [0.1, 0.15) is 18.2 Å². The van der Waals surface area contributed by atoms with Crippen LogP contribution < -0.4 is 20.1 Å². The van der Waals surface area contributed by atoms with Gasteiger partial charge in [0, 0.05) is 31.1 Å². The molecule has 0 radical (unpaired) electrons. The maximum atomic E-state index is 10.4. The lowest BCUT2D eigenvalue weighted by Gasteiger charge is -2.17. The van der Waals surface area contributed by atoms with Gasteiger partial charge in [-0.25, -0.2) is 9.97 Å². The number of fused-ring (bicyclic) bond motifs is 1. The van der Waals surface area contributed by atoms with Gasteiger partial charge in [0.05, 0.1) is 24.8 Å². The molecule has 8 nitrogen and oxygen atoms in total. The van der Waals surface area contributed by atoms with Gasteiger partial charge >= 0.3 is 0 Å². The minimum Gasteiger partial charge on any atom is -0.507 e. The maximum Gasteiger partial charge on any atom is 0.165 e. The van der Waals surface area contributed by atoms with E-state index in [4.69, 9.17) is 24.2 Å². The number of aromatic nitrogens is 2. The molecule has 0 spiro atoms. The number of anilines is 1. The van der Waals surface area contributed by atoms with Crippen LogP contribution in [0.2, 0.25) is 0 Å². The van der Waals surface area contributed by atoms with Crippen molar-refractivity contribution >= 4 is 16.7 Å². The second kappa shape index (κ2) is 9.36. The van der Waals surface area contributed by atoms with Crippen molar-refractivity contribution in [2.24, 2.45) is 0 Å². The van der Waals surface area contributed by atoms with Crippen LogP contribution >= 0.6 is 0 Å². The van der Waals surface area contributed by atoms with E-state index >= 15 is 0 Å². The predicted molar refractivity (Wildman–Crippen MR) is 120 cm³/mol. The fourth-order valence-electron chi connectivity index (χ4n) is 3.67. The number of aromatic hydroxyl groups is 1. The SMILES string of the molecule is COCCOc1cc2nc(-c3cc(C)ccc3O)nc(N[C@H]3CCNC3)c2cc1OC. The topological polar surface area (TPSA) is 97.8 Å². The summed E-state index contributed by atoms with van der Waals surface area (Å²) in [5, 5.41) is 18.2. The van der Waals surface area contributed by atoms with Crippen LogP contribution in [-0.4, -0.2) is 61.6 Å². The fourth-order valence-corrected chi connectivity index (χ4v) is 3.67. The van der Waals surface area contributed by atoms with Gasteiger partial charge in [-0.2, -0.15) is 0 Å². The molecule has 2 aromatic carbocycles. The summed E-state index contributed by atoms with van der Waals surface area (Å²) in [6.07, 6.45) is 1.01. The Balaban J connectivity index is 1.85. The van der Waals surface area contributed by atoms with Crippen molar-refractivity contribution in [2.75, 3.05) is 45.8 Å². The monoisotopic (exact) mass is 424 g/mol. The zero-order valence-corrected chi connectivity index (χ0v) is 18.1. The molecular weight excluding hydrogens is 396 g/mol. The Kier molecular flexibility index (Phi) is 6.39. The van der Waals surface area contributed by atoms with Crippen LogP contribution in [0, 0.1) is 6.92 Å². The maximum absolute atomic E-state index is 10.4. The zero-order valence-electron chi connectivity index (χ0n) is 18.1. The molecule has 3 aromatic rings. The highest BCUT2D eigenvalue weighted by Crippen LogP contribution is 2.37. The Morgan fingerprint density at radius 1 is 1.13 bits per heavy atom. The largest absolute Gasteiger partial charge is 0.507 e. The highest BCUT2D eigenvalue weighted by atomic mass is 16.5. The van der Waals surface area contributed by atoms with Crippen molar-refractivity contribution in [3.8, 4) is 28.6 Å². The molecule has 1 aromatic heterocycles. The third-order valence-corrected chi connectivity index (χ3v) is 5.32. The molecule has 0 saturated carbocycles. The summed E-state index contributed by atoms with van der Waals surface area (Å²) in [5.41, 5.74) is 2.31. The summed E-state index contributed by atoms with van der Waals surface area (Å²) < 4.78 is 16.5. The van der Waals surface area contributed by atoms with Gasteiger partial charge in [0.15, 0.2) is 17.3 Å². The van der Waals surface area contributed by atoms with Gasteiger partial charge < -0.3 is 30.0 Å². The predicted octanol–water partition coefficient (Wildman–Crippen LogP) is 3.12. The van der Waals surface area contributed by atoms with Gasteiger partial charge in [-0.05, 0) is 38.1 Å². The van der Waals surface area contributed by atoms with Crippen molar-refractivity contribution in [1.29, 1.82) is 0 Å². The van der Waals surface area contributed by atoms with Crippen LogP contribution in [0.4, 0.5) is 5.82 Å². The van der Waals surface area contributed by atoms with Gasteiger partial charge in [-0.3, -0.25) is 0 Å². The fraction of sp³-hybridized carbons (Fsp3) is 0.391. The third-order valence-electron chi connectivity index (χ3n) is 5.32. The second-order valence-electron chi connectivity index (χ2n) is 7.61. The van der Waals surface area contributed by atoms with E-state index in [1.807, 2.05) is 31.2 Å². The van der Waals surface area contributed by atoms with Crippen molar-refractivity contribution in [2.45, 2.75) is 19.4 Å². The first-order valence-corrected chi connectivity index (χ1v) is 10.4. The molecule has 8 heteroatoms. The number of methoxy groups -OCH3 is 2. The van der Waals surface area contributed by atoms with Crippen molar-refractivity contribution in [3.05, 3.63) is 35.9 Å². The standard InChI is InChI=1S/C23H28N4O4/c1-14-4-5-19(28)17(10-14)23-26-18-12-21(31-9-8-29-2)20(30-3)11-16(18)22(27-23)25-15-6-7-24-13-15/h4-5,10-12,15,24,28H,6-9,13H2,1-3H3,(H,25,26,27)/t15-/m0/s1. The average molecular weight is 425 g/mol. The molecule has 0 aliphatic carbocycles. The smallest absolute Gasteiger partial charge is 0.165 e. The molecule has 1 saturated heterocycles. The van der Waals surface area contributed by atoms with Gasteiger partial charge in [-0.15, -0.1) is 0 Å². The molecule has 4 rings (SSSR count). The quantitative estimate of drug-likeness (QED) is 0.475. The van der Waals surface area contributed by atoms with Crippen molar-refractivity contribution in [1.82, 2.24) is 15.3 Å². The lowest BCUT2D eigenvalue weighted by molar-refractivity contribution is 0.144. The lowest BCUT2D eigenvalue weighted by Crippen LogP contribution is -2.23. The molecule has 1 atom stereocenters. The molecule has 1 aliphatic heterocycles. The summed E-state index contributed by atoms with van der Waals surface area (Å²) in [4.78, 5) is 9.54. The number of rotatable bonds is 8. The molecule has 2 heterocycles. The number of nitrogens with one attached hydrogen (secondary N) is 2. The van der Waals surface area contributed by atoms with E-state index < -0.39 is 0 Å². The minimum absolute atomic E-state index is 0.142. The summed E-state index contributed by atoms with van der Waals surface area (Å²) in [7, 11) is 3.24. The summed E-state index contributed by atoms with van der Waals surface area (Å²) in [6, 6.07) is 9.41. The molecular formula is C23H28N4O4. The second-order valence-corrected chi connectivity index (χ2v) is 7.61. The van der Waals surface area contributed by atoms with E-state index in [1.54, 1.807) is 20.3 Å². The lowest BCUT2D eigenvalue weighted by atomic mass is 10.1. The van der Waals surface area contributed by atoms with E-state index in [2.05, 4.69) is 10.6 Å². The number of benzene rings is 2. The summed E-state index contributed by atoms with van der Waals surface area (Å²) in [6.45, 7) is 4.67. The summed E-state index contributed by atoms with van der Waals surface area (Å²) in [5.74, 6) is 2.49. The first-order valence-electron chi connectivity index (χ1n) is 10.4. The van der Waals surface area contributed by atoms with Crippen molar-refractivity contribution in [3.63, 3.8) is 0 Å². The van der Waals surface area contributed by atoms with Gasteiger partial charge in [-0.1, -0.05) is 11.6 Å². The van der Waals surface area contributed by atoms with Crippen molar-refractivity contribution < 1.29 is 19.3 Å². The number of phenols is 1. The van der Waals surface area contributed by atoms with E-state index in [0.29, 0.717) is 47.4 Å². The van der Waals surface area contributed by atoms with E-state index in [-0.39, 0.29) is 11.8 Å². The third kappa shape index (κ3) is 4.65. The summed E-state index contributed by atoms with van der Waals surface area (Å²) >= 11 is 0. The van der Waals surface area contributed by atoms with Crippen LogP contribution in [-0.2, 0) is 4.74 Å². The number of aryl methyl sites for hydroxylation is 1. The van der Waals surface area contributed by atoms with E-state index in [0.717, 1.165) is 30.5 Å².